The lowest BCUT2D eigenvalue weighted by atomic mass is 9.98. The highest BCUT2D eigenvalue weighted by atomic mass is 14.0. The van der Waals surface area contributed by atoms with Gasteiger partial charge in [-0.2, -0.15) is 0 Å². The maximum atomic E-state index is 3.76. The molecule has 0 heteroatoms. The molecule has 0 atom stereocenters. The molecular formula is C12H14. The Morgan fingerprint density at radius 3 is 1.50 bits per heavy atom. The number of benzene rings is 1. The Labute approximate surface area is 74.2 Å². The van der Waals surface area contributed by atoms with Crippen LogP contribution < -0.4 is 0 Å². The van der Waals surface area contributed by atoms with E-state index in [1.165, 1.54) is 22.3 Å². The van der Waals surface area contributed by atoms with Crippen molar-refractivity contribution in [3.8, 4) is 0 Å². The molecular weight excluding hydrogens is 144 g/mol. The van der Waals surface area contributed by atoms with E-state index in [9.17, 15) is 0 Å². The largest absolute Gasteiger partial charge is 0.0985 e. The van der Waals surface area contributed by atoms with E-state index in [-0.39, 0.29) is 0 Å². The van der Waals surface area contributed by atoms with Gasteiger partial charge in [0.1, 0.15) is 0 Å². The third-order valence-electron chi connectivity index (χ3n) is 2.31. The summed E-state index contributed by atoms with van der Waals surface area (Å²) in [6, 6.07) is 4.15. The number of hydrogen-bond donors (Lipinski definition) is 0. The summed E-state index contributed by atoms with van der Waals surface area (Å²) in [6.07, 6.45) is 3.77. The van der Waals surface area contributed by atoms with Crippen molar-refractivity contribution in [1.82, 2.24) is 0 Å². The van der Waals surface area contributed by atoms with Gasteiger partial charge in [0.15, 0.2) is 0 Å². The maximum absolute atomic E-state index is 3.76. The molecule has 62 valence electrons. The van der Waals surface area contributed by atoms with E-state index in [2.05, 4.69) is 39.1 Å². The molecule has 1 rings (SSSR count). The maximum Gasteiger partial charge on any atom is -0.0230 e. The summed E-state index contributed by atoms with van der Waals surface area (Å²) in [5, 5.41) is 0. The Balaban J connectivity index is 3.38. The van der Waals surface area contributed by atoms with Crippen molar-refractivity contribution in [3.63, 3.8) is 0 Å². The Morgan fingerprint density at radius 1 is 0.917 bits per heavy atom. The standard InChI is InChI=1S/C12H14/c1-5-11-7-8-12(6-2)10(4)9(11)3/h5-8H,1-2H2,3-4H3. The molecule has 0 aliphatic rings. The van der Waals surface area contributed by atoms with Crippen LogP contribution in [0.15, 0.2) is 25.3 Å². The third kappa shape index (κ3) is 1.33. The van der Waals surface area contributed by atoms with Gasteiger partial charge in [0.25, 0.3) is 0 Å². The monoisotopic (exact) mass is 158 g/mol. The molecule has 0 aliphatic carbocycles. The molecule has 0 radical (unpaired) electrons. The van der Waals surface area contributed by atoms with Gasteiger partial charge in [0, 0.05) is 0 Å². The fourth-order valence-electron chi connectivity index (χ4n) is 1.30. The highest BCUT2D eigenvalue weighted by Crippen LogP contribution is 2.19. The minimum absolute atomic E-state index is 1.21. The second-order valence-electron chi connectivity index (χ2n) is 2.90. The van der Waals surface area contributed by atoms with Crippen molar-refractivity contribution in [1.29, 1.82) is 0 Å². The quantitative estimate of drug-likeness (QED) is 0.617. The van der Waals surface area contributed by atoms with Crippen LogP contribution >= 0.6 is 0 Å². The van der Waals surface area contributed by atoms with Gasteiger partial charge in [0.2, 0.25) is 0 Å². The molecule has 0 nitrogen and oxygen atoms in total. The average Bonchev–Trinajstić information content (AvgIpc) is 2.10. The molecule has 0 heterocycles. The normalized spacial score (nSPS) is 9.50. The van der Waals surface area contributed by atoms with E-state index < -0.39 is 0 Å². The third-order valence-corrected chi connectivity index (χ3v) is 2.31. The highest BCUT2D eigenvalue weighted by molar-refractivity contribution is 5.61. The van der Waals surface area contributed by atoms with Crippen LogP contribution in [0.25, 0.3) is 12.2 Å². The van der Waals surface area contributed by atoms with E-state index in [0.717, 1.165) is 0 Å². The predicted octanol–water partition coefficient (Wildman–Crippen LogP) is 3.59. The summed E-state index contributed by atoms with van der Waals surface area (Å²) in [6.45, 7) is 11.7. The number of hydrogen-bond acceptors (Lipinski definition) is 0. The summed E-state index contributed by atoms with van der Waals surface area (Å²) in [7, 11) is 0. The van der Waals surface area contributed by atoms with Gasteiger partial charge < -0.3 is 0 Å². The summed E-state index contributed by atoms with van der Waals surface area (Å²) in [5.41, 5.74) is 5.00. The van der Waals surface area contributed by atoms with Crippen molar-refractivity contribution in [2.45, 2.75) is 13.8 Å². The lowest BCUT2D eigenvalue weighted by Crippen LogP contribution is -1.88. The summed E-state index contributed by atoms with van der Waals surface area (Å²) in [4.78, 5) is 0. The first-order valence-corrected chi connectivity index (χ1v) is 4.05. The molecule has 0 spiro atoms. The first-order chi connectivity index (χ1) is 5.70. The molecule has 0 N–H and O–H groups in total. The van der Waals surface area contributed by atoms with Crippen molar-refractivity contribution in [2.24, 2.45) is 0 Å². The second kappa shape index (κ2) is 3.40. The first-order valence-electron chi connectivity index (χ1n) is 4.05. The minimum atomic E-state index is 1.21. The van der Waals surface area contributed by atoms with Crippen LogP contribution in [0.5, 0.6) is 0 Å². The van der Waals surface area contributed by atoms with Crippen molar-refractivity contribution >= 4 is 12.2 Å². The van der Waals surface area contributed by atoms with Crippen LogP contribution in [0, 0.1) is 13.8 Å². The lowest BCUT2D eigenvalue weighted by molar-refractivity contribution is 1.31. The van der Waals surface area contributed by atoms with E-state index in [4.69, 9.17) is 0 Å². The zero-order valence-corrected chi connectivity index (χ0v) is 7.72. The van der Waals surface area contributed by atoms with E-state index >= 15 is 0 Å². The second-order valence-corrected chi connectivity index (χ2v) is 2.90. The average molecular weight is 158 g/mol. The Hall–Kier alpha value is -1.30. The molecule has 0 fully saturated rings. The predicted molar refractivity (Wildman–Crippen MR) is 56.1 cm³/mol. The Morgan fingerprint density at radius 2 is 1.25 bits per heavy atom. The van der Waals surface area contributed by atoms with Crippen LogP contribution in [-0.4, -0.2) is 0 Å². The Kier molecular flexibility index (Phi) is 2.49. The summed E-state index contributed by atoms with van der Waals surface area (Å²) in [5.74, 6) is 0. The van der Waals surface area contributed by atoms with Gasteiger partial charge in [-0.3, -0.25) is 0 Å². The smallest absolute Gasteiger partial charge is 0.0230 e. The van der Waals surface area contributed by atoms with Crippen LogP contribution in [0.2, 0.25) is 0 Å². The SMILES string of the molecule is C=Cc1ccc(C=C)c(C)c1C. The van der Waals surface area contributed by atoms with E-state index in [1.807, 2.05) is 12.2 Å². The molecule has 0 saturated carbocycles. The summed E-state index contributed by atoms with van der Waals surface area (Å²) >= 11 is 0. The van der Waals surface area contributed by atoms with E-state index in [0.29, 0.717) is 0 Å². The van der Waals surface area contributed by atoms with Crippen molar-refractivity contribution in [3.05, 3.63) is 47.5 Å². The van der Waals surface area contributed by atoms with Crippen LogP contribution in [-0.2, 0) is 0 Å². The molecule has 0 saturated heterocycles. The van der Waals surface area contributed by atoms with Gasteiger partial charge >= 0.3 is 0 Å². The van der Waals surface area contributed by atoms with Gasteiger partial charge in [0.05, 0.1) is 0 Å². The fraction of sp³-hybridized carbons (Fsp3) is 0.167. The van der Waals surface area contributed by atoms with Crippen LogP contribution in [0.1, 0.15) is 22.3 Å². The molecule has 1 aromatic rings. The van der Waals surface area contributed by atoms with Crippen molar-refractivity contribution < 1.29 is 0 Å². The summed E-state index contributed by atoms with van der Waals surface area (Å²) < 4.78 is 0. The molecule has 0 unspecified atom stereocenters. The Bertz CT molecular complexity index is 286. The minimum Gasteiger partial charge on any atom is -0.0985 e. The van der Waals surface area contributed by atoms with Gasteiger partial charge in [-0.05, 0) is 36.1 Å². The molecule has 12 heavy (non-hydrogen) atoms. The van der Waals surface area contributed by atoms with Crippen LogP contribution in [0.4, 0.5) is 0 Å². The van der Waals surface area contributed by atoms with Gasteiger partial charge in [-0.25, -0.2) is 0 Å². The zero-order chi connectivity index (χ0) is 9.14. The van der Waals surface area contributed by atoms with Gasteiger partial charge in [-0.15, -0.1) is 0 Å². The van der Waals surface area contributed by atoms with Crippen molar-refractivity contribution in [2.75, 3.05) is 0 Å². The zero-order valence-electron chi connectivity index (χ0n) is 7.72. The fourth-order valence-corrected chi connectivity index (χ4v) is 1.30. The highest BCUT2D eigenvalue weighted by Gasteiger charge is 2.00. The number of rotatable bonds is 2. The molecule has 0 amide bonds. The lowest BCUT2D eigenvalue weighted by Gasteiger charge is -2.07. The van der Waals surface area contributed by atoms with Crippen LogP contribution in [0.3, 0.4) is 0 Å². The van der Waals surface area contributed by atoms with E-state index in [1.54, 1.807) is 0 Å². The molecule has 1 aromatic carbocycles. The molecule has 0 aliphatic heterocycles. The first kappa shape index (κ1) is 8.79. The molecule has 0 aromatic heterocycles. The topological polar surface area (TPSA) is 0 Å². The molecule has 0 bridgehead atoms. The van der Waals surface area contributed by atoms with Gasteiger partial charge in [-0.1, -0.05) is 37.4 Å².